The number of rotatable bonds is 4. The Bertz CT molecular complexity index is 400. The number of hydrogen-bond acceptors (Lipinski definition) is 5. The number of aromatic hydroxyl groups is 2. The van der Waals surface area contributed by atoms with Crippen LogP contribution in [0.2, 0.25) is 0 Å². The van der Waals surface area contributed by atoms with E-state index in [4.69, 9.17) is 5.11 Å². The van der Waals surface area contributed by atoms with Crippen molar-refractivity contribution in [1.82, 2.24) is 5.32 Å². The minimum absolute atomic E-state index is 0.155. The molecule has 0 radical (unpaired) electrons. The summed E-state index contributed by atoms with van der Waals surface area (Å²) in [5.74, 6) is -0.573. The summed E-state index contributed by atoms with van der Waals surface area (Å²) in [5.41, 5.74) is 0.200. The van der Waals surface area contributed by atoms with Crippen molar-refractivity contribution < 1.29 is 20.4 Å². The molecule has 0 heterocycles. The average Bonchev–Trinajstić information content (AvgIpc) is 2.27. The van der Waals surface area contributed by atoms with Gasteiger partial charge in [0.05, 0.1) is 6.10 Å². The first-order valence-electron chi connectivity index (χ1n) is 5.84. The third kappa shape index (κ3) is 4.18. The summed E-state index contributed by atoms with van der Waals surface area (Å²) >= 11 is 0. The maximum Gasteiger partial charge on any atom is 0.157 e. The van der Waals surface area contributed by atoms with Crippen LogP contribution in [0.25, 0.3) is 0 Å². The number of hydrogen-bond donors (Lipinski definition) is 5. The van der Waals surface area contributed by atoms with Gasteiger partial charge in [0.15, 0.2) is 11.5 Å². The van der Waals surface area contributed by atoms with Crippen molar-refractivity contribution in [2.75, 3.05) is 6.54 Å². The topological polar surface area (TPSA) is 93.0 Å². The van der Waals surface area contributed by atoms with E-state index in [1.54, 1.807) is 0 Å². The Morgan fingerprint density at radius 2 is 1.72 bits per heavy atom. The molecule has 102 valence electrons. The molecule has 1 aromatic rings. The fraction of sp³-hybridized carbons (Fsp3) is 0.538. The molecule has 1 rings (SSSR count). The third-order valence-electron chi connectivity index (χ3n) is 2.55. The maximum absolute atomic E-state index is 9.92. The highest BCUT2D eigenvalue weighted by atomic mass is 16.3. The summed E-state index contributed by atoms with van der Waals surface area (Å²) in [6, 6.07) is 3.97. The summed E-state index contributed by atoms with van der Waals surface area (Å²) in [5, 5.41) is 41.3. The molecule has 0 aliphatic heterocycles. The second-order valence-corrected chi connectivity index (χ2v) is 5.39. The van der Waals surface area contributed by atoms with Crippen molar-refractivity contribution in [3.8, 4) is 11.5 Å². The van der Waals surface area contributed by atoms with Crippen molar-refractivity contribution in [2.24, 2.45) is 0 Å². The molecule has 1 aromatic carbocycles. The standard InChI is InChI=1S/C13H21NO4/c1-13(2,3)14-7-11(17)12(18)8-4-5-9(15)10(16)6-8/h4-6,11-12,14-18H,7H2,1-3H3. The molecule has 0 aliphatic carbocycles. The first-order chi connectivity index (χ1) is 8.20. The third-order valence-corrected chi connectivity index (χ3v) is 2.55. The number of aliphatic hydroxyl groups is 2. The summed E-state index contributed by atoms with van der Waals surface area (Å²) in [6.45, 7) is 6.10. The van der Waals surface area contributed by atoms with Crippen LogP contribution in [0.15, 0.2) is 18.2 Å². The van der Waals surface area contributed by atoms with Crippen LogP contribution in [0.4, 0.5) is 0 Å². The zero-order valence-electron chi connectivity index (χ0n) is 10.9. The lowest BCUT2D eigenvalue weighted by atomic mass is 10.0. The molecule has 0 aromatic heterocycles. The van der Waals surface area contributed by atoms with Crippen LogP contribution >= 0.6 is 0 Å². The second kappa shape index (κ2) is 5.56. The van der Waals surface area contributed by atoms with Crippen molar-refractivity contribution in [3.05, 3.63) is 23.8 Å². The molecule has 0 bridgehead atoms. The Morgan fingerprint density at radius 3 is 2.22 bits per heavy atom. The predicted octanol–water partition coefficient (Wildman–Crippen LogP) is 0.880. The van der Waals surface area contributed by atoms with E-state index < -0.39 is 12.2 Å². The van der Waals surface area contributed by atoms with E-state index in [1.165, 1.54) is 18.2 Å². The quantitative estimate of drug-likeness (QED) is 0.515. The van der Waals surface area contributed by atoms with Crippen LogP contribution in [0.1, 0.15) is 32.4 Å². The highest BCUT2D eigenvalue weighted by molar-refractivity contribution is 5.41. The number of nitrogens with one attached hydrogen (secondary N) is 1. The Kier molecular flexibility index (Phi) is 4.56. The van der Waals surface area contributed by atoms with Gasteiger partial charge in [-0.15, -0.1) is 0 Å². The highest BCUT2D eigenvalue weighted by Crippen LogP contribution is 2.28. The SMILES string of the molecule is CC(C)(C)NCC(O)C(O)c1ccc(O)c(O)c1. The molecule has 0 fully saturated rings. The van der Waals surface area contributed by atoms with Gasteiger partial charge in [0.25, 0.3) is 0 Å². The smallest absolute Gasteiger partial charge is 0.157 e. The molecule has 0 saturated carbocycles. The fourth-order valence-corrected chi connectivity index (χ4v) is 1.47. The molecule has 0 aliphatic rings. The van der Waals surface area contributed by atoms with Gasteiger partial charge < -0.3 is 25.7 Å². The van der Waals surface area contributed by atoms with Crippen LogP contribution < -0.4 is 5.32 Å². The lowest BCUT2D eigenvalue weighted by molar-refractivity contribution is 0.0156. The number of aliphatic hydroxyl groups excluding tert-OH is 2. The van der Waals surface area contributed by atoms with Crippen molar-refractivity contribution in [3.63, 3.8) is 0 Å². The van der Waals surface area contributed by atoms with E-state index in [-0.39, 0.29) is 23.6 Å². The Hall–Kier alpha value is -1.30. The molecule has 0 spiro atoms. The molecule has 2 unspecified atom stereocenters. The summed E-state index contributed by atoms with van der Waals surface area (Å²) in [6.07, 6.45) is -2.11. The Balaban J connectivity index is 2.68. The predicted molar refractivity (Wildman–Crippen MR) is 68.5 cm³/mol. The first-order valence-corrected chi connectivity index (χ1v) is 5.84. The van der Waals surface area contributed by atoms with Crippen molar-refractivity contribution in [2.45, 2.75) is 38.5 Å². The number of β-amino-alcohol motifs (C(OH)–C–C–N with tert-alkyl or cyclic N) is 1. The van der Waals surface area contributed by atoms with Gasteiger partial charge in [-0.1, -0.05) is 6.07 Å². The van der Waals surface area contributed by atoms with Crippen LogP contribution in [0.5, 0.6) is 11.5 Å². The lowest BCUT2D eigenvalue weighted by Crippen LogP contribution is -2.42. The minimum Gasteiger partial charge on any atom is -0.504 e. The molecule has 0 saturated heterocycles. The number of benzene rings is 1. The van der Waals surface area contributed by atoms with E-state index in [2.05, 4.69) is 5.32 Å². The zero-order chi connectivity index (χ0) is 13.9. The first kappa shape index (κ1) is 14.8. The Morgan fingerprint density at radius 1 is 1.11 bits per heavy atom. The number of phenols is 2. The van der Waals surface area contributed by atoms with Gasteiger partial charge in [0, 0.05) is 12.1 Å². The average molecular weight is 255 g/mol. The van der Waals surface area contributed by atoms with Gasteiger partial charge in [-0.3, -0.25) is 0 Å². The normalized spacial score (nSPS) is 15.4. The largest absolute Gasteiger partial charge is 0.504 e. The maximum atomic E-state index is 9.92. The molecular weight excluding hydrogens is 234 g/mol. The Labute approximate surface area is 107 Å². The van der Waals surface area contributed by atoms with E-state index in [9.17, 15) is 15.3 Å². The van der Waals surface area contributed by atoms with E-state index in [0.717, 1.165) is 0 Å². The van der Waals surface area contributed by atoms with Gasteiger partial charge in [-0.05, 0) is 38.5 Å². The summed E-state index contributed by atoms with van der Waals surface area (Å²) in [4.78, 5) is 0. The van der Waals surface area contributed by atoms with E-state index in [0.29, 0.717) is 5.56 Å². The molecule has 0 amide bonds. The van der Waals surface area contributed by atoms with Crippen molar-refractivity contribution >= 4 is 0 Å². The van der Waals surface area contributed by atoms with Gasteiger partial charge in [-0.25, -0.2) is 0 Å². The summed E-state index contributed by atoms with van der Waals surface area (Å²) < 4.78 is 0. The van der Waals surface area contributed by atoms with Gasteiger partial charge in [0.1, 0.15) is 6.10 Å². The van der Waals surface area contributed by atoms with Crippen LogP contribution in [-0.2, 0) is 0 Å². The molecule has 2 atom stereocenters. The van der Waals surface area contributed by atoms with Crippen LogP contribution in [0.3, 0.4) is 0 Å². The van der Waals surface area contributed by atoms with Gasteiger partial charge in [-0.2, -0.15) is 0 Å². The molecule has 5 N–H and O–H groups in total. The van der Waals surface area contributed by atoms with Crippen LogP contribution in [-0.4, -0.2) is 38.6 Å². The van der Waals surface area contributed by atoms with E-state index >= 15 is 0 Å². The second-order valence-electron chi connectivity index (χ2n) is 5.39. The summed E-state index contributed by atoms with van der Waals surface area (Å²) in [7, 11) is 0. The number of phenolic OH excluding ortho intramolecular Hbond substituents is 2. The lowest BCUT2D eigenvalue weighted by Gasteiger charge is -2.25. The fourth-order valence-electron chi connectivity index (χ4n) is 1.47. The van der Waals surface area contributed by atoms with Crippen molar-refractivity contribution in [1.29, 1.82) is 0 Å². The molecule has 5 heteroatoms. The molecule has 18 heavy (non-hydrogen) atoms. The zero-order valence-corrected chi connectivity index (χ0v) is 10.9. The van der Waals surface area contributed by atoms with Gasteiger partial charge in [0.2, 0.25) is 0 Å². The molecule has 5 nitrogen and oxygen atoms in total. The highest BCUT2D eigenvalue weighted by Gasteiger charge is 2.21. The van der Waals surface area contributed by atoms with Gasteiger partial charge >= 0.3 is 0 Å². The van der Waals surface area contributed by atoms with E-state index in [1.807, 2.05) is 20.8 Å². The minimum atomic E-state index is -1.12. The van der Waals surface area contributed by atoms with Crippen LogP contribution in [0, 0.1) is 0 Å². The monoisotopic (exact) mass is 255 g/mol. The molecular formula is C13H21NO4.